The predicted octanol–water partition coefficient (Wildman–Crippen LogP) is 3.46. The average Bonchev–Trinajstić information content (AvgIpc) is 2.85. The second kappa shape index (κ2) is 7.39. The van der Waals surface area contributed by atoms with E-state index in [0.29, 0.717) is 12.1 Å². The minimum atomic E-state index is 0.443. The highest BCUT2D eigenvalue weighted by Crippen LogP contribution is 2.21. The number of piperidine rings is 1. The molecule has 2 aromatic rings. The molecule has 3 rings (SSSR count). The topological polar surface area (TPSA) is 33.1 Å². The van der Waals surface area contributed by atoms with Crippen molar-refractivity contribution in [1.82, 2.24) is 15.1 Å². The highest BCUT2D eigenvalue weighted by Gasteiger charge is 2.21. The number of nitrogens with zero attached hydrogens (tertiary/aromatic N) is 3. The van der Waals surface area contributed by atoms with Crippen LogP contribution >= 0.6 is 0 Å². The smallest absolute Gasteiger partial charge is 0.0596 e. The summed E-state index contributed by atoms with van der Waals surface area (Å²) in [5.41, 5.74) is 5.05. The van der Waals surface area contributed by atoms with Crippen LogP contribution in [-0.4, -0.2) is 35.0 Å². The Morgan fingerprint density at radius 3 is 2.54 bits per heavy atom. The van der Waals surface area contributed by atoms with Crippen molar-refractivity contribution < 1.29 is 0 Å². The fourth-order valence-electron chi connectivity index (χ4n) is 3.70. The molecule has 0 radical (unpaired) electrons. The van der Waals surface area contributed by atoms with Crippen molar-refractivity contribution in [2.75, 3.05) is 18.0 Å². The lowest BCUT2D eigenvalue weighted by molar-refractivity contribution is 0.346. The number of nitrogens with one attached hydrogen (secondary N) is 1. The normalized spacial score (nSPS) is 17.2. The van der Waals surface area contributed by atoms with Gasteiger partial charge in [0.1, 0.15) is 0 Å². The average molecular weight is 326 g/mol. The van der Waals surface area contributed by atoms with Crippen molar-refractivity contribution in [3.8, 4) is 0 Å². The monoisotopic (exact) mass is 326 g/mol. The minimum absolute atomic E-state index is 0.443. The molecule has 1 N–H and O–H groups in total. The van der Waals surface area contributed by atoms with Gasteiger partial charge in [0.2, 0.25) is 0 Å². The molecule has 1 fully saturated rings. The first-order valence-corrected chi connectivity index (χ1v) is 9.10. The van der Waals surface area contributed by atoms with Gasteiger partial charge in [-0.15, -0.1) is 0 Å². The Labute approximate surface area is 145 Å². The van der Waals surface area contributed by atoms with Gasteiger partial charge in [-0.3, -0.25) is 4.68 Å². The van der Waals surface area contributed by atoms with Crippen molar-refractivity contribution in [3.05, 3.63) is 47.3 Å². The second-order valence-electron chi connectivity index (χ2n) is 7.28. The maximum absolute atomic E-state index is 4.57. The number of hydrogen-bond acceptors (Lipinski definition) is 3. The molecule has 0 spiro atoms. The van der Waals surface area contributed by atoms with E-state index in [1.807, 2.05) is 0 Å². The molecule has 1 aliphatic rings. The van der Waals surface area contributed by atoms with Crippen molar-refractivity contribution in [2.24, 2.45) is 0 Å². The summed E-state index contributed by atoms with van der Waals surface area (Å²) in [7, 11) is 0. The molecule has 4 heteroatoms. The van der Waals surface area contributed by atoms with E-state index < -0.39 is 0 Å². The molecule has 0 bridgehead atoms. The molecular weight excluding hydrogens is 296 g/mol. The minimum Gasteiger partial charge on any atom is -0.371 e. The van der Waals surface area contributed by atoms with Gasteiger partial charge >= 0.3 is 0 Å². The quantitative estimate of drug-likeness (QED) is 0.913. The van der Waals surface area contributed by atoms with Gasteiger partial charge in [0.15, 0.2) is 0 Å². The third-order valence-electron chi connectivity index (χ3n) is 4.93. The van der Waals surface area contributed by atoms with Crippen LogP contribution in [0.1, 0.15) is 36.7 Å². The molecule has 1 saturated heterocycles. The Morgan fingerprint density at radius 2 is 1.92 bits per heavy atom. The van der Waals surface area contributed by atoms with Gasteiger partial charge < -0.3 is 10.2 Å². The Balaban J connectivity index is 1.49. The first-order valence-electron chi connectivity index (χ1n) is 9.10. The van der Waals surface area contributed by atoms with Crippen LogP contribution in [-0.2, 0) is 6.54 Å². The predicted molar refractivity (Wildman–Crippen MR) is 101 cm³/mol. The van der Waals surface area contributed by atoms with Gasteiger partial charge in [-0.1, -0.05) is 12.1 Å². The SMILES string of the molecule is Cc1cccc(N2CCC(NC(C)Cn3nc(C)cc3C)CC2)c1. The lowest BCUT2D eigenvalue weighted by Crippen LogP contribution is -2.46. The standard InChI is InChI=1S/C20H30N4/c1-15-6-5-7-20(12-15)23-10-8-19(9-11-23)21-17(3)14-24-18(4)13-16(2)22-24/h5-7,12-13,17,19,21H,8-11,14H2,1-4H3. The molecule has 1 unspecified atom stereocenters. The van der Waals surface area contributed by atoms with Crippen molar-refractivity contribution >= 4 is 5.69 Å². The van der Waals surface area contributed by atoms with Crippen molar-refractivity contribution in [2.45, 2.75) is 59.2 Å². The molecule has 24 heavy (non-hydrogen) atoms. The molecule has 1 aromatic heterocycles. The number of aromatic nitrogens is 2. The van der Waals surface area contributed by atoms with Gasteiger partial charge in [-0.05, 0) is 64.3 Å². The summed E-state index contributed by atoms with van der Waals surface area (Å²) >= 11 is 0. The van der Waals surface area contributed by atoms with E-state index in [2.05, 4.69) is 78.0 Å². The highest BCUT2D eigenvalue weighted by molar-refractivity contribution is 5.48. The number of aryl methyl sites for hydroxylation is 3. The van der Waals surface area contributed by atoms with Crippen LogP contribution in [0.4, 0.5) is 5.69 Å². The maximum Gasteiger partial charge on any atom is 0.0596 e. The van der Waals surface area contributed by atoms with Gasteiger partial charge in [0, 0.05) is 36.6 Å². The number of anilines is 1. The fourth-order valence-corrected chi connectivity index (χ4v) is 3.70. The van der Waals surface area contributed by atoms with Gasteiger partial charge in [-0.2, -0.15) is 5.10 Å². The number of hydrogen-bond donors (Lipinski definition) is 1. The van der Waals surface area contributed by atoms with E-state index in [1.165, 1.54) is 29.8 Å². The third kappa shape index (κ3) is 4.18. The lowest BCUT2D eigenvalue weighted by atomic mass is 10.0. The largest absolute Gasteiger partial charge is 0.371 e. The first-order chi connectivity index (χ1) is 11.5. The Hall–Kier alpha value is -1.81. The van der Waals surface area contributed by atoms with E-state index in [9.17, 15) is 0 Å². The van der Waals surface area contributed by atoms with Crippen LogP contribution in [0.15, 0.2) is 30.3 Å². The van der Waals surface area contributed by atoms with Crippen molar-refractivity contribution in [3.63, 3.8) is 0 Å². The Morgan fingerprint density at radius 1 is 1.17 bits per heavy atom. The zero-order valence-corrected chi connectivity index (χ0v) is 15.4. The van der Waals surface area contributed by atoms with Gasteiger partial charge in [0.25, 0.3) is 0 Å². The van der Waals surface area contributed by atoms with Crippen LogP contribution in [0, 0.1) is 20.8 Å². The van der Waals surface area contributed by atoms with Crippen LogP contribution in [0.3, 0.4) is 0 Å². The molecule has 1 aliphatic heterocycles. The first kappa shape index (κ1) is 17.0. The number of rotatable bonds is 5. The van der Waals surface area contributed by atoms with E-state index >= 15 is 0 Å². The summed E-state index contributed by atoms with van der Waals surface area (Å²) in [5.74, 6) is 0. The third-order valence-corrected chi connectivity index (χ3v) is 4.93. The molecule has 1 atom stereocenters. The summed E-state index contributed by atoms with van der Waals surface area (Å²) in [6, 6.07) is 12.0. The van der Waals surface area contributed by atoms with E-state index in [-0.39, 0.29) is 0 Å². The fraction of sp³-hybridized carbons (Fsp3) is 0.550. The molecule has 0 saturated carbocycles. The highest BCUT2D eigenvalue weighted by atomic mass is 15.3. The van der Waals surface area contributed by atoms with Crippen LogP contribution in [0.25, 0.3) is 0 Å². The van der Waals surface area contributed by atoms with Crippen LogP contribution in [0.2, 0.25) is 0 Å². The summed E-state index contributed by atoms with van der Waals surface area (Å²) in [5, 5.41) is 8.37. The van der Waals surface area contributed by atoms with Gasteiger partial charge in [0.05, 0.1) is 12.2 Å². The summed E-state index contributed by atoms with van der Waals surface area (Å²) in [6.45, 7) is 11.8. The summed E-state index contributed by atoms with van der Waals surface area (Å²) < 4.78 is 2.12. The zero-order valence-electron chi connectivity index (χ0n) is 15.4. The van der Waals surface area contributed by atoms with Gasteiger partial charge in [-0.25, -0.2) is 0 Å². The Bertz CT molecular complexity index is 668. The molecule has 130 valence electrons. The van der Waals surface area contributed by atoms with Crippen LogP contribution in [0.5, 0.6) is 0 Å². The molecule has 1 aromatic carbocycles. The van der Waals surface area contributed by atoms with E-state index in [0.717, 1.165) is 25.3 Å². The molecule has 0 aliphatic carbocycles. The second-order valence-corrected chi connectivity index (χ2v) is 7.28. The summed E-state index contributed by atoms with van der Waals surface area (Å²) in [4.78, 5) is 2.51. The lowest BCUT2D eigenvalue weighted by Gasteiger charge is -2.35. The Kier molecular flexibility index (Phi) is 5.24. The van der Waals surface area contributed by atoms with Crippen molar-refractivity contribution in [1.29, 1.82) is 0 Å². The maximum atomic E-state index is 4.57. The molecule has 4 nitrogen and oxygen atoms in total. The molecular formula is C20H30N4. The summed E-state index contributed by atoms with van der Waals surface area (Å²) in [6.07, 6.45) is 2.41. The van der Waals surface area contributed by atoms with Crippen LogP contribution < -0.4 is 10.2 Å². The van der Waals surface area contributed by atoms with E-state index in [4.69, 9.17) is 0 Å². The zero-order chi connectivity index (χ0) is 17.1. The number of benzene rings is 1. The molecule has 0 amide bonds. The van der Waals surface area contributed by atoms with E-state index in [1.54, 1.807) is 0 Å². The molecule has 2 heterocycles.